The molecule has 0 saturated carbocycles. The van der Waals surface area contributed by atoms with E-state index >= 15 is 0 Å². The molecule has 2 nitrogen and oxygen atoms in total. The standard InChI is InChI=1S/C10H13ClNO/c1-12-6-7-13-8-9-4-2-3-5-10(9)11/h2-5H,6-8H2,1H3/q-1. The fourth-order valence-corrected chi connectivity index (χ4v) is 1.14. The van der Waals surface area contributed by atoms with Gasteiger partial charge in [0.25, 0.3) is 0 Å². The van der Waals surface area contributed by atoms with Gasteiger partial charge < -0.3 is 10.1 Å². The molecule has 0 saturated heterocycles. The lowest BCUT2D eigenvalue weighted by Gasteiger charge is -2.11. The van der Waals surface area contributed by atoms with E-state index in [2.05, 4.69) is 5.32 Å². The van der Waals surface area contributed by atoms with Crippen LogP contribution in [-0.4, -0.2) is 20.2 Å². The number of hydrogen-bond acceptors (Lipinski definition) is 1. The Bertz CT molecular complexity index is 252. The van der Waals surface area contributed by atoms with E-state index in [0.29, 0.717) is 13.2 Å². The van der Waals surface area contributed by atoms with Crippen LogP contribution in [0.25, 0.3) is 5.32 Å². The number of ether oxygens (including phenoxy) is 1. The minimum Gasteiger partial charge on any atom is -0.663 e. The zero-order valence-electron chi connectivity index (χ0n) is 7.66. The Morgan fingerprint density at radius 1 is 1.38 bits per heavy atom. The molecule has 0 aromatic heterocycles. The number of benzene rings is 1. The van der Waals surface area contributed by atoms with Crippen LogP contribution in [0.2, 0.25) is 5.02 Å². The highest BCUT2D eigenvalue weighted by atomic mass is 35.5. The van der Waals surface area contributed by atoms with Crippen molar-refractivity contribution in [1.29, 1.82) is 0 Å². The van der Waals surface area contributed by atoms with Crippen molar-refractivity contribution >= 4 is 11.6 Å². The van der Waals surface area contributed by atoms with Crippen molar-refractivity contribution in [2.24, 2.45) is 0 Å². The molecule has 13 heavy (non-hydrogen) atoms. The first kappa shape index (κ1) is 10.5. The lowest BCUT2D eigenvalue weighted by Crippen LogP contribution is -1.99. The maximum Gasteiger partial charge on any atom is 0.0730 e. The van der Waals surface area contributed by atoms with Gasteiger partial charge in [0.15, 0.2) is 0 Å². The summed E-state index contributed by atoms with van der Waals surface area (Å²) in [5.41, 5.74) is 1.03. The molecule has 0 atom stereocenters. The van der Waals surface area contributed by atoms with E-state index in [1.807, 2.05) is 24.3 Å². The van der Waals surface area contributed by atoms with Gasteiger partial charge in [-0.1, -0.05) is 29.8 Å². The van der Waals surface area contributed by atoms with Crippen molar-refractivity contribution in [2.75, 3.05) is 20.2 Å². The van der Waals surface area contributed by atoms with Gasteiger partial charge in [-0.3, -0.25) is 0 Å². The van der Waals surface area contributed by atoms with Gasteiger partial charge in [0.2, 0.25) is 0 Å². The second kappa shape index (κ2) is 5.97. The zero-order chi connectivity index (χ0) is 9.52. The largest absolute Gasteiger partial charge is 0.663 e. The SMILES string of the molecule is C[N-]CCOCc1ccccc1Cl. The molecule has 3 heteroatoms. The lowest BCUT2D eigenvalue weighted by atomic mass is 10.2. The summed E-state index contributed by atoms with van der Waals surface area (Å²) in [6.07, 6.45) is 0. The summed E-state index contributed by atoms with van der Waals surface area (Å²) in [6.45, 7) is 1.96. The topological polar surface area (TPSA) is 23.3 Å². The average Bonchev–Trinajstić information content (AvgIpc) is 2.15. The summed E-state index contributed by atoms with van der Waals surface area (Å²) in [5.74, 6) is 0. The lowest BCUT2D eigenvalue weighted by molar-refractivity contribution is 0.131. The Kier molecular flexibility index (Phi) is 4.83. The molecule has 0 aliphatic heterocycles. The van der Waals surface area contributed by atoms with E-state index in [1.54, 1.807) is 7.05 Å². The summed E-state index contributed by atoms with van der Waals surface area (Å²) < 4.78 is 5.36. The average molecular weight is 199 g/mol. The fourth-order valence-electron chi connectivity index (χ4n) is 0.953. The van der Waals surface area contributed by atoms with Gasteiger partial charge in [-0.05, 0) is 11.6 Å². The van der Waals surface area contributed by atoms with Crippen LogP contribution in [0.5, 0.6) is 0 Å². The Hall–Kier alpha value is -0.570. The van der Waals surface area contributed by atoms with Gasteiger partial charge in [0.05, 0.1) is 6.61 Å². The number of likely N-dealkylation sites (N-methyl/N-ethyl adjacent to an activating group) is 1. The summed E-state index contributed by atoms with van der Waals surface area (Å²) >= 11 is 5.93. The maximum absolute atomic E-state index is 5.93. The first-order chi connectivity index (χ1) is 6.34. The van der Waals surface area contributed by atoms with Crippen molar-refractivity contribution in [3.8, 4) is 0 Å². The van der Waals surface area contributed by atoms with Crippen molar-refractivity contribution < 1.29 is 4.74 Å². The van der Waals surface area contributed by atoms with E-state index in [0.717, 1.165) is 17.1 Å². The maximum atomic E-state index is 5.93. The van der Waals surface area contributed by atoms with Crippen LogP contribution < -0.4 is 0 Å². The Balaban J connectivity index is 2.32. The third-order valence-electron chi connectivity index (χ3n) is 1.67. The van der Waals surface area contributed by atoms with Gasteiger partial charge in [0.1, 0.15) is 0 Å². The molecule has 0 aliphatic carbocycles. The molecule has 0 bridgehead atoms. The second-order valence-corrected chi connectivity index (χ2v) is 3.09. The highest BCUT2D eigenvalue weighted by Crippen LogP contribution is 2.15. The van der Waals surface area contributed by atoms with Gasteiger partial charge in [-0.25, -0.2) is 0 Å². The number of halogens is 1. The predicted molar refractivity (Wildman–Crippen MR) is 55.3 cm³/mol. The monoisotopic (exact) mass is 198 g/mol. The van der Waals surface area contributed by atoms with Gasteiger partial charge in [-0.2, -0.15) is 7.05 Å². The molecule has 0 amide bonds. The fraction of sp³-hybridized carbons (Fsp3) is 0.400. The Labute approximate surface area is 83.9 Å². The molecule has 0 N–H and O–H groups in total. The highest BCUT2D eigenvalue weighted by molar-refractivity contribution is 6.31. The van der Waals surface area contributed by atoms with Crippen molar-refractivity contribution in [3.05, 3.63) is 40.2 Å². The molecule has 0 radical (unpaired) electrons. The molecule has 0 fully saturated rings. The summed E-state index contributed by atoms with van der Waals surface area (Å²) in [4.78, 5) is 0. The number of rotatable bonds is 5. The Morgan fingerprint density at radius 3 is 2.85 bits per heavy atom. The van der Waals surface area contributed by atoms with Gasteiger partial charge >= 0.3 is 0 Å². The highest BCUT2D eigenvalue weighted by Gasteiger charge is 1.96. The van der Waals surface area contributed by atoms with Crippen LogP contribution in [0.4, 0.5) is 0 Å². The molecule has 1 aromatic carbocycles. The van der Waals surface area contributed by atoms with Crippen molar-refractivity contribution in [3.63, 3.8) is 0 Å². The smallest absolute Gasteiger partial charge is 0.0730 e. The molecule has 1 aromatic rings. The molecule has 0 aliphatic rings. The van der Waals surface area contributed by atoms with E-state index in [4.69, 9.17) is 16.3 Å². The van der Waals surface area contributed by atoms with E-state index in [1.165, 1.54) is 0 Å². The summed E-state index contributed by atoms with van der Waals surface area (Å²) in [6, 6.07) is 7.69. The van der Waals surface area contributed by atoms with E-state index in [-0.39, 0.29) is 0 Å². The van der Waals surface area contributed by atoms with Crippen LogP contribution >= 0.6 is 11.6 Å². The van der Waals surface area contributed by atoms with Crippen molar-refractivity contribution in [1.82, 2.24) is 0 Å². The number of nitrogens with zero attached hydrogens (tertiary/aromatic N) is 1. The molecule has 72 valence electrons. The number of hydrogen-bond donors (Lipinski definition) is 0. The van der Waals surface area contributed by atoms with E-state index < -0.39 is 0 Å². The normalized spacial score (nSPS) is 10.3. The minimum atomic E-state index is 0.565. The third-order valence-corrected chi connectivity index (χ3v) is 2.04. The Morgan fingerprint density at radius 2 is 2.15 bits per heavy atom. The van der Waals surface area contributed by atoms with Gasteiger partial charge in [-0.15, -0.1) is 6.54 Å². The molecular weight excluding hydrogens is 186 g/mol. The summed E-state index contributed by atoms with van der Waals surface area (Å²) in [7, 11) is 1.78. The van der Waals surface area contributed by atoms with Crippen LogP contribution in [0.1, 0.15) is 5.56 Å². The van der Waals surface area contributed by atoms with Gasteiger partial charge in [0, 0.05) is 11.6 Å². The zero-order valence-corrected chi connectivity index (χ0v) is 8.42. The molecule has 1 rings (SSSR count). The quantitative estimate of drug-likeness (QED) is 0.668. The molecule has 0 spiro atoms. The van der Waals surface area contributed by atoms with Crippen molar-refractivity contribution in [2.45, 2.75) is 6.61 Å². The minimum absolute atomic E-state index is 0.565. The summed E-state index contributed by atoms with van der Waals surface area (Å²) in [5, 5.41) is 4.69. The second-order valence-electron chi connectivity index (χ2n) is 2.68. The van der Waals surface area contributed by atoms with Crippen LogP contribution in [0, 0.1) is 0 Å². The third kappa shape index (κ3) is 3.77. The predicted octanol–water partition coefficient (Wildman–Crippen LogP) is 2.86. The van der Waals surface area contributed by atoms with E-state index in [9.17, 15) is 0 Å². The van der Waals surface area contributed by atoms with Crippen LogP contribution in [0.3, 0.4) is 0 Å². The van der Waals surface area contributed by atoms with Crippen LogP contribution in [0.15, 0.2) is 24.3 Å². The first-order valence-corrected chi connectivity index (χ1v) is 4.59. The molecule has 0 unspecified atom stereocenters. The molecule has 0 heterocycles. The molecular formula is C10H13ClNO-. The van der Waals surface area contributed by atoms with Crippen LogP contribution in [-0.2, 0) is 11.3 Å². The first-order valence-electron chi connectivity index (χ1n) is 4.21.